The van der Waals surface area contributed by atoms with Crippen molar-refractivity contribution in [2.45, 2.75) is 38.6 Å². The third-order valence-electron chi connectivity index (χ3n) is 6.57. The SMILES string of the molecule is CCN1C(=O)N(C)c2cnc(Nc3ccccc3N3CCOCC3)nc2N1C1CCCC1. The largest absolute Gasteiger partial charge is 0.378 e. The van der Waals surface area contributed by atoms with Crippen molar-refractivity contribution in [2.75, 3.05) is 60.0 Å². The van der Waals surface area contributed by atoms with Crippen molar-refractivity contribution in [1.82, 2.24) is 15.0 Å². The van der Waals surface area contributed by atoms with Crippen LogP contribution in [-0.2, 0) is 4.74 Å². The van der Waals surface area contributed by atoms with Crippen molar-refractivity contribution in [1.29, 1.82) is 0 Å². The summed E-state index contributed by atoms with van der Waals surface area (Å²) in [4.78, 5) is 26.5. The maximum atomic E-state index is 13.0. The number of carbonyl (C=O) groups excluding carboxylic acids is 1. The molecule has 2 aromatic rings. The number of benzene rings is 1. The van der Waals surface area contributed by atoms with Crippen LogP contribution in [0.4, 0.5) is 33.6 Å². The van der Waals surface area contributed by atoms with Gasteiger partial charge in [-0.3, -0.25) is 9.91 Å². The first kappa shape index (κ1) is 20.8. The monoisotopic (exact) mass is 437 g/mol. The van der Waals surface area contributed by atoms with E-state index in [1.807, 2.05) is 24.1 Å². The zero-order valence-electron chi connectivity index (χ0n) is 18.8. The molecule has 1 aliphatic carbocycles. The van der Waals surface area contributed by atoms with Gasteiger partial charge < -0.3 is 15.0 Å². The molecular formula is C23H31N7O2. The number of nitrogens with one attached hydrogen (secondary N) is 1. The first-order valence-electron chi connectivity index (χ1n) is 11.6. The third-order valence-corrected chi connectivity index (χ3v) is 6.57. The average molecular weight is 438 g/mol. The number of anilines is 5. The van der Waals surface area contributed by atoms with Crippen LogP contribution < -0.4 is 20.1 Å². The first-order chi connectivity index (χ1) is 15.7. The van der Waals surface area contributed by atoms with Crippen molar-refractivity contribution in [3.05, 3.63) is 30.5 Å². The van der Waals surface area contributed by atoms with Gasteiger partial charge in [-0.1, -0.05) is 25.0 Å². The number of urea groups is 1. The zero-order valence-corrected chi connectivity index (χ0v) is 18.8. The Morgan fingerprint density at radius 1 is 1.12 bits per heavy atom. The number of fused-ring (bicyclic) bond motifs is 1. The van der Waals surface area contributed by atoms with Crippen molar-refractivity contribution in [3.63, 3.8) is 0 Å². The maximum Gasteiger partial charge on any atom is 0.343 e. The summed E-state index contributed by atoms with van der Waals surface area (Å²) < 4.78 is 5.51. The summed E-state index contributed by atoms with van der Waals surface area (Å²) in [5, 5.41) is 7.37. The Morgan fingerprint density at radius 2 is 1.88 bits per heavy atom. The summed E-state index contributed by atoms with van der Waals surface area (Å²) in [5.41, 5.74) is 2.83. The van der Waals surface area contributed by atoms with Crippen LogP contribution in [0.25, 0.3) is 0 Å². The van der Waals surface area contributed by atoms with Gasteiger partial charge in [0, 0.05) is 26.7 Å². The van der Waals surface area contributed by atoms with E-state index >= 15 is 0 Å². The Hall–Kier alpha value is -3.07. The van der Waals surface area contributed by atoms with Crippen molar-refractivity contribution in [3.8, 4) is 0 Å². The van der Waals surface area contributed by atoms with Gasteiger partial charge in [-0.05, 0) is 31.9 Å². The Bertz CT molecular complexity index is 973. The Labute approximate surface area is 188 Å². The average Bonchev–Trinajstić information content (AvgIpc) is 3.36. The third kappa shape index (κ3) is 3.70. The molecule has 2 aliphatic heterocycles. The summed E-state index contributed by atoms with van der Waals surface area (Å²) in [5.74, 6) is 1.33. The number of hydrogen-bond acceptors (Lipinski definition) is 7. The van der Waals surface area contributed by atoms with Crippen LogP contribution in [0.2, 0.25) is 0 Å². The van der Waals surface area contributed by atoms with Crippen molar-refractivity contribution in [2.24, 2.45) is 0 Å². The Morgan fingerprint density at radius 3 is 2.62 bits per heavy atom. The van der Waals surface area contributed by atoms with Crippen molar-refractivity contribution >= 4 is 34.9 Å². The molecular weight excluding hydrogens is 406 g/mol. The highest BCUT2D eigenvalue weighted by Crippen LogP contribution is 2.39. The van der Waals surface area contributed by atoms with Crippen LogP contribution in [0.15, 0.2) is 30.5 Å². The number of hydrazine groups is 1. The molecule has 1 saturated heterocycles. The number of amides is 2. The second-order valence-electron chi connectivity index (χ2n) is 8.48. The second-order valence-corrected chi connectivity index (χ2v) is 8.48. The summed E-state index contributed by atoms with van der Waals surface area (Å²) in [6, 6.07) is 8.48. The maximum absolute atomic E-state index is 13.0. The van der Waals surface area contributed by atoms with Gasteiger partial charge in [0.2, 0.25) is 5.95 Å². The molecule has 0 unspecified atom stereocenters. The minimum absolute atomic E-state index is 0.0335. The zero-order chi connectivity index (χ0) is 22.1. The molecule has 170 valence electrons. The molecule has 1 aromatic carbocycles. The molecule has 9 heteroatoms. The molecule has 0 radical (unpaired) electrons. The van der Waals surface area contributed by atoms with Gasteiger partial charge in [-0.15, -0.1) is 0 Å². The molecule has 0 atom stereocenters. The van der Waals surface area contributed by atoms with Crippen molar-refractivity contribution < 1.29 is 9.53 Å². The summed E-state index contributed by atoms with van der Waals surface area (Å²) >= 11 is 0. The molecule has 1 N–H and O–H groups in total. The molecule has 3 heterocycles. The van der Waals surface area contributed by atoms with E-state index in [4.69, 9.17) is 9.72 Å². The van der Waals surface area contributed by atoms with Crippen LogP contribution in [0.5, 0.6) is 0 Å². The molecule has 9 nitrogen and oxygen atoms in total. The van der Waals surface area contributed by atoms with Gasteiger partial charge >= 0.3 is 6.03 Å². The van der Waals surface area contributed by atoms with Crippen LogP contribution in [-0.4, -0.2) is 66.9 Å². The highest BCUT2D eigenvalue weighted by atomic mass is 16.5. The molecule has 3 aliphatic rings. The van der Waals surface area contributed by atoms with Crippen LogP contribution >= 0.6 is 0 Å². The van der Waals surface area contributed by atoms with E-state index in [0.29, 0.717) is 12.5 Å². The number of rotatable bonds is 5. The number of morpholine rings is 1. The van der Waals surface area contributed by atoms with E-state index < -0.39 is 0 Å². The number of nitrogens with zero attached hydrogens (tertiary/aromatic N) is 6. The molecule has 2 fully saturated rings. The predicted octanol–water partition coefficient (Wildman–Crippen LogP) is 3.61. The van der Waals surface area contributed by atoms with Gasteiger partial charge in [0.25, 0.3) is 0 Å². The first-order valence-corrected chi connectivity index (χ1v) is 11.6. The number of para-hydroxylation sites is 2. The lowest BCUT2D eigenvalue weighted by molar-refractivity contribution is 0.123. The Balaban J connectivity index is 1.49. The molecule has 0 spiro atoms. The molecule has 5 rings (SSSR count). The summed E-state index contributed by atoms with van der Waals surface area (Å²) in [7, 11) is 1.79. The molecule has 32 heavy (non-hydrogen) atoms. The van der Waals surface area contributed by atoms with E-state index in [9.17, 15) is 4.79 Å². The molecule has 1 aromatic heterocycles. The van der Waals surface area contributed by atoms with Crippen LogP contribution in [0.1, 0.15) is 32.6 Å². The van der Waals surface area contributed by atoms with E-state index in [1.165, 1.54) is 12.8 Å². The van der Waals surface area contributed by atoms with E-state index in [1.54, 1.807) is 18.1 Å². The van der Waals surface area contributed by atoms with Crippen LogP contribution in [0, 0.1) is 0 Å². The Kier molecular flexibility index (Phi) is 5.73. The lowest BCUT2D eigenvalue weighted by atomic mass is 10.2. The number of carbonyl (C=O) groups is 1. The van der Waals surface area contributed by atoms with Gasteiger partial charge in [0.05, 0.1) is 36.8 Å². The smallest absolute Gasteiger partial charge is 0.343 e. The molecule has 1 saturated carbocycles. The van der Waals surface area contributed by atoms with E-state index in [2.05, 4.69) is 32.3 Å². The highest BCUT2D eigenvalue weighted by molar-refractivity contribution is 5.98. The van der Waals surface area contributed by atoms with Gasteiger partial charge in [0.1, 0.15) is 5.69 Å². The van der Waals surface area contributed by atoms with Gasteiger partial charge in [0.15, 0.2) is 5.82 Å². The predicted molar refractivity (Wildman–Crippen MR) is 126 cm³/mol. The molecule has 2 amide bonds. The van der Waals surface area contributed by atoms with Crippen LogP contribution in [0.3, 0.4) is 0 Å². The number of hydrogen-bond donors (Lipinski definition) is 1. The fourth-order valence-electron chi connectivity index (χ4n) is 4.90. The summed E-state index contributed by atoms with van der Waals surface area (Å²) in [6.45, 7) is 5.79. The fraction of sp³-hybridized carbons (Fsp3) is 0.522. The number of aromatic nitrogens is 2. The minimum Gasteiger partial charge on any atom is -0.378 e. The van der Waals surface area contributed by atoms with Gasteiger partial charge in [-0.25, -0.2) is 14.8 Å². The van der Waals surface area contributed by atoms with E-state index in [-0.39, 0.29) is 12.1 Å². The lowest BCUT2D eigenvalue weighted by Gasteiger charge is -2.45. The second kappa shape index (κ2) is 8.82. The molecule has 0 bridgehead atoms. The quantitative estimate of drug-likeness (QED) is 0.766. The topological polar surface area (TPSA) is 77.1 Å². The number of ether oxygens (including phenoxy) is 1. The van der Waals surface area contributed by atoms with Gasteiger partial charge in [-0.2, -0.15) is 4.98 Å². The minimum atomic E-state index is -0.0335. The summed E-state index contributed by atoms with van der Waals surface area (Å²) in [6.07, 6.45) is 6.26. The van der Waals surface area contributed by atoms with E-state index in [0.717, 1.165) is 62.0 Å². The normalized spacial score (nSPS) is 19.5. The standard InChI is InChI=1S/C23H31N7O2/c1-3-29-23(31)27(2)20-16-24-22(26-21(20)30(29)17-8-4-5-9-17)25-18-10-6-7-11-19(18)28-12-14-32-15-13-28/h6-7,10-11,16-17H,3-5,8-9,12-15H2,1-2H3,(H,24,25,26). The lowest BCUT2D eigenvalue weighted by Crippen LogP contribution is -2.59. The fourth-order valence-corrected chi connectivity index (χ4v) is 4.90. The highest BCUT2D eigenvalue weighted by Gasteiger charge is 2.39.